The van der Waals surface area contributed by atoms with E-state index < -0.39 is 11.4 Å². The SMILES string of the molecule is Cc1noc(C)c1-c1cc(Nc2ccc(C3(C(=O)O)CCC3)cc2)nc(-c2ccc(F)cc2)n1. The van der Waals surface area contributed by atoms with Crippen LogP contribution in [0.1, 0.15) is 36.3 Å². The lowest BCUT2D eigenvalue weighted by Crippen LogP contribution is -2.42. The van der Waals surface area contributed by atoms with Crippen LogP contribution < -0.4 is 5.32 Å². The van der Waals surface area contributed by atoms with Crippen molar-refractivity contribution in [2.45, 2.75) is 38.5 Å². The molecule has 0 radical (unpaired) electrons. The first kappa shape index (κ1) is 21.8. The average Bonchev–Trinajstić information content (AvgIpc) is 3.12. The number of halogens is 1. The molecule has 34 heavy (non-hydrogen) atoms. The van der Waals surface area contributed by atoms with Crippen LogP contribution in [0, 0.1) is 19.7 Å². The fraction of sp³-hybridized carbons (Fsp3) is 0.231. The molecule has 1 saturated carbocycles. The zero-order chi connectivity index (χ0) is 23.9. The third kappa shape index (κ3) is 3.81. The summed E-state index contributed by atoms with van der Waals surface area (Å²) in [6.07, 6.45) is 2.23. The summed E-state index contributed by atoms with van der Waals surface area (Å²) in [4.78, 5) is 21.1. The van der Waals surface area contributed by atoms with Gasteiger partial charge in [0.05, 0.1) is 22.4 Å². The second-order valence-electron chi connectivity index (χ2n) is 8.61. The van der Waals surface area contributed by atoms with Crippen molar-refractivity contribution in [3.05, 3.63) is 77.4 Å². The maximum atomic E-state index is 13.5. The molecule has 0 aliphatic heterocycles. The van der Waals surface area contributed by atoms with Crippen molar-refractivity contribution >= 4 is 17.5 Å². The van der Waals surface area contributed by atoms with Gasteiger partial charge in [0.15, 0.2) is 5.82 Å². The van der Waals surface area contributed by atoms with Gasteiger partial charge in [-0.1, -0.05) is 23.7 Å². The fourth-order valence-corrected chi connectivity index (χ4v) is 4.39. The molecule has 7 nitrogen and oxygen atoms in total. The van der Waals surface area contributed by atoms with Crippen LogP contribution in [-0.4, -0.2) is 26.2 Å². The van der Waals surface area contributed by atoms with E-state index in [1.165, 1.54) is 12.1 Å². The Hall–Kier alpha value is -4.07. The lowest BCUT2D eigenvalue weighted by Gasteiger charge is -2.38. The van der Waals surface area contributed by atoms with Gasteiger partial charge in [0.2, 0.25) is 0 Å². The molecule has 1 aliphatic carbocycles. The van der Waals surface area contributed by atoms with Crippen LogP contribution in [-0.2, 0) is 10.2 Å². The van der Waals surface area contributed by atoms with Crippen LogP contribution in [0.5, 0.6) is 0 Å². The van der Waals surface area contributed by atoms with Crippen molar-refractivity contribution in [2.75, 3.05) is 5.32 Å². The van der Waals surface area contributed by atoms with Crippen LogP contribution in [0.4, 0.5) is 15.9 Å². The van der Waals surface area contributed by atoms with Crippen LogP contribution in [0.3, 0.4) is 0 Å². The quantitative estimate of drug-likeness (QED) is 0.376. The second-order valence-corrected chi connectivity index (χ2v) is 8.61. The molecule has 5 rings (SSSR count). The van der Waals surface area contributed by atoms with Gasteiger partial charge in [0.25, 0.3) is 0 Å². The maximum Gasteiger partial charge on any atom is 0.314 e. The fourth-order valence-electron chi connectivity index (χ4n) is 4.39. The van der Waals surface area contributed by atoms with E-state index in [2.05, 4.69) is 20.4 Å². The monoisotopic (exact) mass is 458 g/mol. The Morgan fingerprint density at radius 2 is 1.76 bits per heavy atom. The van der Waals surface area contributed by atoms with Crippen molar-refractivity contribution in [3.8, 4) is 22.6 Å². The Bertz CT molecular complexity index is 1340. The predicted octanol–water partition coefficient (Wildman–Crippen LogP) is 5.80. The highest BCUT2D eigenvalue weighted by molar-refractivity contribution is 5.83. The summed E-state index contributed by atoms with van der Waals surface area (Å²) in [5.74, 6) is 0.485. The van der Waals surface area contributed by atoms with Gasteiger partial charge < -0.3 is 14.9 Å². The molecule has 1 fully saturated rings. The summed E-state index contributed by atoms with van der Waals surface area (Å²) in [7, 11) is 0. The summed E-state index contributed by atoms with van der Waals surface area (Å²) in [6.45, 7) is 3.66. The highest BCUT2D eigenvalue weighted by Gasteiger charge is 2.45. The maximum absolute atomic E-state index is 13.5. The number of anilines is 2. The zero-order valence-corrected chi connectivity index (χ0v) is 18.8. The van der Waals surface area contributed by atoms with Gasteiger partial charge >= 0.3 is 5.97 Å². The molecule has 8 heteroatoms. The summed E-state index contributed by atoms with van der Waals surface area (Å²) >= 11 is 0. The lowest BCUT2D eigenvalue weighted by atomic mass is 9.64. The van der Waals surface area contributed by atoms with Crippen molar-refractivity contribution in [1.82, 2.24) is 15.1 Å². The normalized spacial score (nSPS) is 14.4. The number of hydrogen-bond donors (Lipinski definition) is 2. The summed E-state index contributed by atoms with van der Waals surface area (Å²) in [6, 6.07) is 15.2. The van der Waals surface area contributed by atoms with E-state index in [1.807, 2.05) is 38.1 Å². The van der Waals surface area contributed by atoms with Crippen molar-refractivity contribution in [1.29, 1.82) is 0 Å². The number of aromatic nitrogens is 3. The molecule has 0 bridgehead atoms. The van der Waals surface area contributed by atoms with Gasteiger partial charge in [-0.3, -0.25) is 4.79 Å². The molecule has 172 valence electrons. The third-order valence-electron chi connectivity index (χ3n) is 6.44. The minimum atomic E-state index is -0.778. The Morgan fingerprint density at radius 1 is 1.06 bits per heavy atom. The summed E-state index contributed by atoms with van der Waals surface area (Å²) < 4.78 is 18.8. The third-order valence-corrected chi connectivity index (χ3v) is 6.44. The molecule has 2 N–H and O–H groups in total. The average molecular weight is 458 g/mol. The topological polar surface area (TPSA) is 101 Å². The van der Waals surface area contributed by atoms with Gasteiger partial charge in [0, 0.05) is 17.3 Å². The van der Waals surface area contributed by atoms with Crippen molar-refractivity contribution in [2.24, 2.45) is 0 Å². The number of benzene rings is 2. The second kappa shape index (κ2) is 8.37. The molecule has 2 aromatic heterocycles. The highest BCUT2D eigenvalue weighted by Crippen LogP contribution is 2.44. The Labute approximate surface area is 195 Å². The first-order chi connectivity index (χ1) is 16.4. The number of nitrogens with one attached hydrogen (secondary N) is 1. The summed E-state index contributed by atoms with van der Waals surface area (Å²) in [5, 5.41) is 17.0. The Balaban J connectivity index is 1.52. The van der Waals surface area contributed by atoms with Crippen molar-refractivity contribution in [3.63, 3.8) is 0 Å². The molecule has 4 aromatic rings. The molecule has 0 saturated heterocycles. The van der Waals surface area contributed by atoms with Gasteiger partial charge in [-0.15, -0.1) is 0 Å². The number of nitrogens with zero attached hydrogens (tertiary/aromatic N) is 3. The minimum Gasteiger partial charge on any atom is -0.481 e. The van der Waals surface area contributed by atoms with E-state index in [0.717, 1.165) is 23.2 Å². The van der Waals surface area contributed by atoms with Crippen LogP contribution in [0.15, 0.2) is 59.1 Å². The molecular weight excluding hydrogens is 435 g/mol. The predicted molar refractivity (Wildman–Crippen MR) is 125 cm³/mol. The Kier molecular flexibility index (Phi) is 5.36. The molecule has 0 unspecified atom stereocenters. The standard InChI is InChI=1S/C26H23FN4O3/c1-15-23(16(2)34-31-15)21-14-22(30-24(29-21)17-4-8-19(27)9-5-17)28-20-10-6-18(7-11-20)26(25(32)33)12-3-13-26/h4-11,14H,3,12-13H2,1-2H3,(H,32,33)(H,28,29,30). The zero-order valence-electron chi connectivity index (χ0n) is 18.8. The number of carboxylic acids is 1. The molecular formula is C26H23FN4O3. The summed E-state index contributed by atoms with van der Waals surface area (Å²) in [5.41, 5.74) is 3.57. The molecule has 2 heterocycles. The number of rotatable bonds is 6. The van der Waals surface area contributed by atoms with E-state index in [9.17, 15) is 14.3 Å². The number of hydrogen-bond acceptors (Lipinski definition) is 6. The van der Waals surface area contributed by atoms with E-state index in [4.69, 9.17) is 4.52 Å². The van der Waals surface area contributed by atoms with E-state index >= 15 is 0 Å². The number of carboxylic acid groups (broad SMARTS) is 1. The van der Waals surface area contributed by atoms with Crippen molar-refractivity contribution < 1.29 is 18.8 Å². The molecule has 0 spiro atoms. The van der Waals surface area contributed by atoms with Gasteiger partial charge in [0.1, 0.15) is 17.4 Å². The Morgan fingerprint density at radius 3 is 2.32 bits per heavy atom. The number of aliphatic carboxylic acids is 1. The molecule has 0 amide bonds. The van der Waals surface area contributed by atoms with E-state index in [1.54, 1.807) is 18.2 Å². The first-order valence-electron chi connectivity index (χ1n) is 11.0. The van der Waals surface area contributed by atoms with Crippen LogP contribution in [0.25, 0.3) is 22.6 Å². The molecule has 2 aromatic carbocycles. The first-order valence-corrected chi connectivity index (χ1v) is 11.0. The van der Waals surface area contributed by atoms with Gasteiger partial charge in [-0.05, 0) is 68.7 Å². The van der Waals surface area contributed by atoms with Crippen LogP contribution >= 0.6 is 0 Å². The lowest BCUT2D eigenvalue weighted by molar-refractivity contribution is -0.147. The highest BCUT2D eigenvalue weighted by atomic mass is 19.1. The van der Waals surface area contributed by atoms with Gasteiger partial charge in [-0.25, -0.2) is 14.4 Å². The number of aryl methyl sites for hydroxylation is 2. The molecule has 1 aliphatic rings. The van der Waals surface area contributed by atoms with Gasteiger partial charge in [-0.2, -0.15) is 0 Å². The van der Waals surface area contributed by atoms with E-state index in [0.29, 0.717) is 47.2 Å². The smallest absolute Gasteiger partial charge is 0.314 e. The molecule has 0 atom stereocenters. The largest absolute Gasteiger partial charge is 0.481 e. The van der Waals surface area contributed by atoms with Crippen LogP contribution in [0.2, 0.25) is 0 Å². The number of carbonyl (C=O) groups is 1. The minimum absolute atomic E-state index is 0.338. The van der Waals surface area contributed by atoms with E-state index in [-0.39, 0.29) is 5.82 Å².